The monoisotopic (exact) mass is 384 g/mol. The smallest absolute Gasteiger partial charge is 0.167 e. The molecule has 0 fully saturated rings. The van der Waals surface area contributed by atoms with Gasteiger partial charge < -0.3 is 0 Å². The summed E-state index contributed by atoms with van der Waals surface area (Å²) >= 11 is 3.15. The van der Waals surface area contributed by atoms with Crippen molar-refractivity contribution in [3.8, 4) is 11.1 Å². The lowest BCUT2D eigenvalue weighted by molar-refractivity contribution is 0.496. The summed E-state index contributed by atoms with van der Waals surface area (Å²) in [5, 5.41) is 0. The molecule has 0 bridgehead atoms. The molecule has 0 saturated carbocycles. The normalized spacial score (nSPS) is 11.0. The van der Waals surface area contributed by atoms with Crippen LogP contribution in [0.25, 0.3) is 11.1 Å². The third-order valence-electron chi connectivity index (χ3n) is 3.93. The maximum absolute atomic E-state index is 14.3. The Labute approximate surface area is 143 Å². The van der Waals surface area contributed by atoms with E-state index in [1.165, 1.54) is 24.6 Å². The van der Waals surface area contributed by atoms with E-state index < -0.39 is 17.5 Å². The van der Waals surface area contributed by atoms with Gasteiger partial charge in [-0.25, -0.2) is 13.2 Å². The van der Waals surface area contributed by atoms with Crippen molar-refractivity contribution in [3.63, 3.8) is 0 Å². The van der Waals surface area contributed by atoms with Crippen LogP contribution in [0.1, 0.15) is 44.6 Å². The van der Waals surface area contributed by atoms with Gasteiger partial charge in [-0.05, 0) is 30.5 Å². The minimum absolute atomic E-state index is 0.0396. The minimum atomic E-state index is -0.975. The number of benzene rings is 2. The molecule has 0 aliphatic carbocycles. The number of hydrogen-bond acceptors (Lipinski definition) is 0. The molecule has 0 aromatic heterocycles. The molecule has 124 valence electrons. The SMILES string of the molecule is CCCCCCCc1ccc(-c2ccc(Br)cc2F)c(F)c1F. The van der Waals surface area contributed by atoms with Crippen LogP contribution in [-0.2, 0) is 6.42 Å². The third-order valence-corrected chi connectivity index (χ3v) is 4.43. The van der Waals surface area contributed by atoms with Crippen LogP contribution in [0.5, 0.6) is 0 Å². The van der Waals surface area contributed by atoms with Crippen molar-refractivity contribution < 1.29 is 13.2 Å². The Kier molecular flexibility index (Phi) is 6.70. The van der Waals surface area contributed by atoms with Crippen LogP contribution in [0.4, 0.5) is 13.2 Å². The summed E-state index contributed by atoms with van der Waals surface area (Å²) in [5.41, 5.74) is 0.390. The van der Waals surface area contributed by atoms with Crippen LogP contribution < -0.4 is 0 Å². The Hall–Kier alpha value is -1.29. The molecule has 0 heterocycles. The largest absolute Gasteiger partial charge is 0.206 e. The topological polar surface area (TPSA) is 0 Å². The van der Waals surface area contributed by atoms with Crippen LogP contribution in [0, 0.1) is 17.5 Å². The highest BCUT2D eigenvalue weighted by atomic mass is 79.9. The van der Waals surface area contributed by atoms with E-state index in [1.807, 2.05) is 0 Å². The van der Waals surface area contributed by atoms with E-state index in [4.69, 9.17) is 0 Å². The zero-order chi connectivity index (χ0) is 16.8. The molecule has 2 aromatic rings. The van der Waals surface area contributed by atoms with E-state index >= 15 is 0 Å². The molecule has 2 rings (SSSR count). The lowest BCUT2D eigenvalue weighted by Crippen LogP contribution is -1.99. The third kappa shape index (κ3) is 4.60. The molecule has 0 atom stereocenters. The fourth-order valence-corrected chi connectivity index (χ4v) is 2.95. The lowest BCUT2D eigenvalue weighted by Gasteiger charge is -2.10. The summed E-state index contributed by atoms with van der Waals surface area (Å²) in [6, 6.07) is 7.33. The van der Waals surface area contributed by atoms with Gasteiger partial charge in [0.2, 0.25) is 0 Å². The van der Waals surface area contributed by atoms with Gasteiger partial charge in [0.1, 0.15) is 5.82 Å². The van der Waals surface area contributed by atoms with Gasteiger partial charge in [0.15, 0.2) is 11.6 Å². The highest BCUT2D eigenvalue weighted by molar-refractivity contribution is 9.10. The molecular formula is C19H20BrF3. The van der Waals surface area contributed by atoms with Gasteiger partial charge >= 0.3 is 0 Å². The fraction of sp³-hybridized carbons (Fsp3) is 0.368. The van der Waals surface area contributed by atoms with E-state index in [0.29, 0.717) is 16.5 Å². The van der Waals surface area contributed by atoms with Gasteiger partial charge in [0.25, 0.3) is 0 Å². The predicted octanol–water partition coefficient (Wildman–Crippen LogP) is 7.05. The van der Waals surface area contributed by atoms with E-state index in [-0.39, 0.29) is 11.1 Å². The van der Waals surface area contributed by atoms with Crippen molar-refractivity contribution in [3.05, 3.63) is 57.8 Å². The number of aryl methyl sites for hydroxylation is 1. The average Bonchev–Trinajstić information content (AvgIpc) is 2.52. The molecule has 0 nitrogen and oxygen atoms in total. The Morgan fingerprint density at radius 1 is 0.826 bits per heavy atom. The Morgan fingerprint density at radius 3 is 2.22 bits per heavy atom. The summed E-state index contributed by atoms with van der Waals surface area (Å²) in [5.74, 6) is -2.41. The molecule has 0 spiro atoms. The van der Waals surface area contributed by atoms with E-state index in [9.17, 15) is 13.2 Å². The fourth-order valence-electron chi connectivity index (χ4n) is 2.62. The summed E-state index contributed by atoms with van der Waals surface area (Å²) in [6.45, 7) is 2.13. The second-order valence-corrected chi connectivity index (χ2v) is 6.60. The number of hydrogen-bond donors (Lipinski definition) is 0. The van der Waals surface area contributed by atoms with E-state index in [0.717, 1.165) is 25.7 Å². The summed E-state index contributed by atoms with van der Waals surface area (Å²) < 4.78 is 43.0. The maximum Gasteiger partial charge on any atom is 0.167 e. The molecule has 23 heavy (non-hydrogen) atoms. The minimum Gasteiger partial charge on any atom is -0.206 e. The highest BCUT2D eigenvalue weighted by Gasteiger charge is 2.17. The molecular weight excluding hydrogens is 365 g/mol. The van der Waals surface area contributed by atoms with Gasteiger partial charge in [-0.1, -0.05) is 66.7 Å². The molecule has 0 N–H and O–H groups in total. The molecule has 0 radical (unpaired) electrons. The molecule has 0 saturated heterocycles. The second kappa shape index (κ2) is 8.53. The number of rotatable bonds is 7. The quantitative estimate of drug-likeness (QED) is 0.448. The van der Waals surface area contributed by atoms with Crippen molar-refractivity contribution >= 4 is 15.9 Å². The molecule has 4 heteroatoms. The zero-order valence-corrected chi connectivity index (χ0v) is 14.7. The number of halogens is 4. The Balaban J connectivity index is 2.17. The molecule has 0 aliphatic heterocycles. The van der Waals surface area contributed by atoms with Gasteiger partial charge in [-0.2, -0.15) is 0 Å². The van der Waals surface area contributed by atoms with Gasteiger partial charge in [0, 0.05) is 15.6 Å². The lowest BCUT2D eigenvalue weighted by atomic mass is 9.99. The van der Waals surface area contributed by atoms with Crippen LogP contribution in [0.2, 0.25) is 0 Å². The van der Waals surface area contributed by atoms with Crippen LogP contribution in [0.15, 0.2) is 34.8 Å². The summed E-state index contributed by atoms with van der Waals surface area (Å²) in [6.07, 6.45) is 5.79. The molecule has 0 amide bonds. The van der Waals surface area contributed by atoms with E-state index in [1.54, 1.807) is 12.1 Å². The van der Waals surface area contributed by atoms with Crippen molar-refractivity contribution in [2.75, 3.05) is 0 Å². The van der Waals surface area contributed by atoms with Gasteiger partial charge in [-0.3, -0.25) is 0 Å². The first-order chi connectivity index (χ1) is 11.0. The molecule has 2 aromatic carbocycles. The maximum atomic E-state index is 14.3. The van der Waals surface area contributed by atoms with Crippen LogP contribution in [0.3, 0.4) is 0 Å². The van der Waals surface area contributed by atoms with Crippen molar-refractivity contribution in [1.82, 2.24) is 0 Å². The molecule has 0 unspecified atom stereocenters. The zero-order valence-electron chi connectivity index (χ0n) is 13.1. The first-order valence-electron chi connectivity index (χ1n) is 7.97. The highest BCUT2D eigenvalue weighted by Crippen LogP contribution is 2.30. The summed E-state index contributed by atoms with van der Waals surface area (Å²) in [7, 11) is 0. The average molecular weight is 385 g/mol. The molecule has 0 aliphatic rings. The predicted molar refractivity (Wildman–Crippen MR) is 91.9 cm³/mol. The first-order valence-corrected chi connectivity index (χ1v) is 8.76. The Morgan fingerprint density at radius 2 is 1.52 bits per heavy atom. The van der Waals surface area contributed by atoms with Crippen molar-refractivity contribution in [2.45, 2.75) is 45.4 Å². The first kappa shape index (κ1) is 18.1. The van der Waals surface area contributed by atoms with Gasteiger partial charge in [-0.15, -0.1) is 0 Å². The van der Waals surface area contributed by atoms with Crippen LogP contribution in [-0.4, -0.2) is 0 Å². The van der Waals surface area contributed by atoms with Crippen molar-refractivity contribution in [2.24, 2.45) is 0 Å². The van der Waals surface area contributed by atoms with Crippen LogP contribution >= 0.6 is 15.9 Å². The van der Waals surface area contributed by atoms with Gasteiger partial charge in [0.05, 0.1) is 0 Å². The second-order valence-electron chi connectivity index (χ2n) is 5.69. The summed E-state index contributed by atoms with van der Waals surface area (Å²) in [4.78, 5) is 0. The standard InChI is InChI=1S/C19H20BrF3/c1-2-3-4-5-6-7-13-8-10-16(19(23)18(13)22)15-11-9-14(20)12-17(15)21/h8-12H,2-7H2,1H3. The Bertz CT molecular complexity index is 668. The van der Waals surface area contributed by atoms with Crippen molar-refractivity contribution in [1.29, 1.82) is 0 Å². The number of unbranched alkanes of at least 4 members (excludes halogenated alkanes) is 4. The van der Waals surface area contributed by atoms with E-state index in [2.05, 4.69) is 22.9 Å².